The molecule has 0 heterocycles. The molecule has 0 bridgehead atoms. The van der Waals surface area contributed by atoms with Crippen molar-refractivity contribution in [3.8, 4) is 0 Å². The number of benzene rings is 1. The van der Waals surface area contributed by atoms with Gasteiger partial charge in [-0.1, -0.05) is 62.9 Å². The second-order valence-electron chi connectivity index (χ2n) is 7.32. The number of carbonyl (C=O) groups excluding carboxylic acids is 2. The third kappa shape index (κ3) is 6.45. The molecule has 2 rings (SSSR count). The molecule has 5 heteroatoms. The van der Waals surface area contributed by atoms with E-state index in [1.54, 1.807) is 0 Å². The smallest absolute Gasteiger partial charge is 0.242 e. The first-order chi connectivity index (χ1) is 12.6. The fourth-order valence-corrected chi connectivity index (χ4v) is 3.77. The molecule has 4 N–H and O–H groups in total. The van der Waals surface area contributed by atoms with E-state index in [-0.39, 0.29) is 24.3 Å². The summed E-state index contributed by atoms with van der Waals surface area (Å²) in [6.45, 7) is 2.47. The Balaban J connectivity index is 1.91. The summed E-state index contributed by atoms with van der Waals surface area (Å²) in [6.07, 6.45) is 7.70. The summed E-state index contributed by atoms with van der Waals surface area (Å²) in [5.74, 6) is 0.237. The van der Waals surface area contributed by atoms with Gasteiger partial charge < -0.3 is 16.4 Å². The van der Waals surface area contributed by atoms with Gasteiger partial charge in [0.1, 0.15) is 6.04 Å². The molecule has 1 aromatic rings. The molecule has 1 aliphatic rings. The van der Waals surface area contributed by atoms with Gasteiger partial charge in [0.05, 0.1) is 6.42 Å². The zero-order valence-corrected chi connectivity index (χ0v) is 15.9. The minimum atomic E-state index is -0.492. The molecule has 2 amide bonds. The van der Waals surface area contributed by atoms with Crippen molar-refractivity contribution in [2.45, 2.75) is 70.4 Å². The minimum absolute atomic E-state index is 0.00758. The van der Waals surface area contributed by atoms with Crippen LogP contribution in [0.2, 0.25) is 0 Å². The highest BCUT2D eigenvalue weighted by Gasteiger charge is 2.27. The lowest BCUT2D eigenvalue weighted by atomic mass is 9.83. The molecule has 1 aliphatic carbocycles. The Hall–Kier alpha value is -1.88. The number of nitrogens with two attached hydrogens (primary N) is 1. The number of hydrogen-bond acceptors (Lipinski definition) is 3. The van der Waals surface area contributed by atoms with Gasteiger partial charge in [0, 0.05) is 12.6 Å². The number of rotatable bonds is 9. The Morgan fingerprint density at radius 3 is 2.42 bits per heavy atom. The molecule has 2 unspecified atom stereocenters. The van der Waals surface area contributed by atoms with Crippen LogP contribution in [-0.2, 0) is 16.0 Å². The maximum Gasteiger partial charge on any atom is 0.242 e. The van der Waals surface area contributed by atoms with Crippen LogP contribution in [0.3, 0.4) is 0 Å². The number of hydrogen-bond donors (Lipinski definition) is 3. The second kappa shape index (κ2) is 11.0. The summed E-state index contributed by atoms with van der Waals surface area (Å²) in [7, 11) is 0. The van der Waals surface area contributed by atoms with Gasteiger partial charge in [0.15, 0.2) is 0 Å². The maximum absolute atomic E-state index is 12.8. The Bertz CT molecular complexity index is 556. The van der Waals surface area contributed by atoms with E-state index in [0.29, 0.717) is 18.9 Å². The van der Waals surface area contributed by atoms with E-state index in [9.17, 15) is 9.59 Å². The fourth-order valence-electron chi connectivity index (χ4n) is 3.77. The van der Waals surface area contributed by atoms with Gasteiger partial charge in [-0.05, 0) is 30.7 Å². The summed E-state index contributed by atoms with van der Waals surface area (Å²) in [6, 6.07) is 9.10. The van der Waals surface area contributed by atoms with E-state index in [1.807, 2.05) is 37.3 Å². The molecule has 2 atom stereocenters. The van der Waals surface area contributed by atoms with Crippen LogP contribution in [0.4, 0.5) is 0 Å². The predicted molar refractivity (Wildman–Crippen MR) is 105 cm³/mol. The number of nitrogens with one attached hydrogen (secondary N) is 2. The molecule has 0 saturated heterocycles. The summed E-state index contributed by atoms with van der Waals surface area (Å²) in [5, 5.41) is 6.02. The Morgan fingerprint density at radius 2 is 1.81 bits per heavy atom. The lowest BCUT2D eigenvalue weighted by Gasteiger charge is -2.31. The van der Waals surface area contributed by atoms with E-state index in [0.717, 1.165) is 24.8 Å². The highest BCUT2D eigenvalue weighted by Crippen LogP contribution is 2.26. The number of carbonyl (C=O) groups is 2. The molecule has 0 aliphatic heterocycles. The maximum atomic E-state index is 12.8. The topological polar surface area (TPSA) is 84.2 Å². The van der Waals surface area contributed by atoms with Crippen molar-refractivity contribution in [1.82, 2.24) is 10.6 Å². The summed E-state index contributed by atoms with van der Waals surface area (Å²) in [4.78, 5) is 25.1. The van der Waals surface area contributed by atoms with Gasteiger partial charge in [-0.2, -0.15) is 0 Å². The van der Waals surface area contributed by atoms with Crippen LogP contribution in [0, 0.1) is 5.92 Å². The van der Waals surface area contributed by atoms with Crippen LogP contribution in [-0.4, -0.2) is 30.4 Å². The highest BCUT2D eigenvalue weighted by molar-refractivity contribution is 5.88. The van der Waals surface area contributed by atoms with Crippen molar-refractivity contribution >= 4 is 11.8 Å². The normalized spacial score (nSPS) is 17.3. The molecule has 0 aromatic heterocycles. The lowest BCUT2D eigenvalue weighted by Crippen LogP contribution is -2.53. The zero-order chi connectivity index (χ0) is 18.8. The number of amides is 2. The monoisotopic (exact) mass is 359 g/mol. The quantitative estimate of drug-likeness (QED) is 0.633. The SMILES string of the molecule is CCCC(NC(=O)Cc1ccccc1)C(=O)NC(CN)C1CCCCC1. The van der Waals surface area contributed by atoms with Crippen molar-refractivity contribution in [3.05, 3.63) is 35.9 Å². The van der Waals surface area contributed by atoms with Crippen LogP contribution in [0.15, 0.2) is 30.3 Å². The van der Waals surface area contributed by atoms with E-state index in [4.69, 9.17) is 5.73 Å². The summed E-state index contributed by atoms with van der Waals surface area (Å²) in [5.41, 5.74) is 6.87. The minimum Gasteiger partial charge on any atom is -0.350 e. The van der Waals surface area contributed by atoms with E-state index in [2.05, 4.69) is 10.6 Å². The Kier molecular flexibility index (Phi) is 8.62. The Morgan fingerprint density at radius 1 is 1.12 bits per heavy atom. The van der Waals surface area contributed by atoms with Crippen molar-refractivity contribution in [2.75, 3.05) is 6.54 Å². The molecule has 144 valence electrons. The molecular weight excluding hydrogens is 326 g/mol. The second-order valence-corrected chi connectivity index (χ2v) is 7.32. The van der Waals surface area contributed by atoms with Gasteiger partial charge in [-0.25, -0.2) is 0 Å². The first-order valence-corrected chi connectivity index (χ1v) is 9.97. The van der Waals surface area contributed by atoms with Crippen LogP contribution in [0.1, 0.15) is 57.4 Å². The molecule has 1 saturated carbocycles. The van der Waals surface area contributed by atoms with E-state index >= 15 is 0 Å². The molecule has 26 heavy (non-hydrogen) atoms. The lowest BCUT2D eigenvalue weighted by molar-refractivity contribution is -0.129. The molecular formula is C21H33N3O2. The van der Waals surface area contributed by atoms with E-state index < -0.39 is 6.04 Å². The summed E-state index contributed by atoms with van der Waals surface area (Å²) < 4.78 is 0. The first kappa shape index (κ1) is 20.4. The molecule has 1 fully saturated rings. The van der Waals surface area contributed by atoms with Crippen LogP contribution in [0.5, 0.6) is 0 Å². The van der Waals surface area contributed by atoms with Gasteiger partial charge in [-0.3, -0.25) is 9.59 Å². The molecule has 0 spiro atoms. The van der Waals surface area contributed by atoms with Gasteiger partial charge >= 0.3 is 0 Å². The van der Waals surface area contributed by atoms with Crippen molar-refractivity contribution in [3.63, 3.8) is 0 Å². The third-order valence-corrected chi connectivity index (χ3v) is 5.24. The van der Waals surface area contributed by atoms with Crippen molar-refractivity contribution in [1.29, 1.82) is 0 Å². The van der Waals surface area contributed by atoms with Crippen LogP contribution >= 0.6 is 0 Å². The zero-order valence-electron chi connectivity index (χ0n) is 15.9. The largest absolute Gasteiger partial charge is 0.350 e. The standard InChI is InChI=1S/C21H33N3O2/c1-2-9-18(23-20(25)14-16-10-5-3-6-11-16)21(26)24-19(15-22)17-12-7-4-8-13-17/h3,5-6,10-11,17-19H,2,4,7-9,12-15,22H2,1H3,(H,23,25)(H,24,26). The fraction of sp³-hybridized carbons (Fsp3) is 0.619. The summed E-state index contributed by atoms with van der Waals surface area (Å²) >= 11 is 0. The Labute approximate surface area is 157 Å². The first-order valence-electron chi connectivity index (χ1n) is 9.97. The van der Waals surface area contributed by atoms with Crippen LogP contribution < -0.4 is 16.4 Å². The highest BCUT2D eigenvalue weighted by atomic mass is 16.2. The van der Waals surface area contributed by atoms with E-state index in [1.165, 1.54) is 19.3 Å². The molecule has 1 aromatic carbocycles. The van der Waals surface area contributed by atoms with Gasteiger partial charge in [-0.15, -0.1) is 0 Å². The third-order valence-electron chi connectivity index (χ3n) is 5.24. The van der Waals surface area contributed by atoms with Crippen molar-refractivity contribution in [2.24, 2.45) is 11.7 Å². The van der Waals surface area contributed by atoms with Crippen LogP contribution in [0.25, 0.3) is 0 Å². The predicted octanol–water partition coefficient (Wildman–Crippen LogP) is 2.54. The van der Waals surface area contributed by atoms with Crippen molar-refractivity contribution < 1.29 is 9.59 Å². The molecule has 5 nitrogen and oxygen atoms in total. The van der Waals surface area contributed by atoms with Gasteiger partial charge in [0.2, 0.25) is 11.8 Å². The average Bonchev–Trinajstić information content (AvgIpc) is 2.67. The average molecular weight is 360 g/mol. The van der Waals surface area contributed by atoms with Gasteiger partial charge in [0.25, 0.3) is 0 Å². The molecule has 0 radical (unpaired) electrons.